The molecule has 4 aromatic rings. The van der Waals surface area contributed by atoms with E-state index >= 15 is 0 Å². The molecule has 1 aromatic heterocycles. The maximum absolute atomic E-state index is 12.4. The van der Waals surface area contributed by atoms with E-state index in [1.165, 1.54) is 5.56 Å². The normalized spacial score (nSPS) is 10.6. The van der Waals surface area contributed by atoms with Crippen LogP contribution in [0.2, 0.25) is 0 Å². The molecule has 5 heteroatoms. The molecule has 1 amide bonds. The lowest BCUT2D eigenvalue weighted by atomic mass is 10.1. The standard InChI is InChI=1S/C23H20N4O/c1-17-7-9-19(10-8-17)22-16-25-26-27(22)21-13-11-20(12-14-21)23(28)24-15-18-5-3-2-4-6-18/h2-14,16H,15H2,1H3,(H,24,28). The van der Waals surface area contributed by atoms with E-state index in [1.807, 2.05) is 42.5 Å². The maximum Gasteiger partial charge on any atom is 0.251 e. The predicted molar refractivity (Wildman–Crippen MR) is 109 cm³/mol. The monoisotopic (exact) mass is 368 g/mol. The van der Waals surface area contributed by atoms with Crippen molar-refractivity contribution in [3.05, 3.63) is 102 Å². The lowest BCUT2D eigenvalue weighted by Gasteiger charge is -2.09. The van der Waals surface area contributed by atoms with E-state index in [-0.39, 0.29) is 5.91 Å². The molecule has 28 heavy (non-hydrogen) atoms. The highest BCUT2D eigenvalue weighted by atomic mass is 16.1. The average molecular weight is 368 g/mol. The van der Waals surface area contributed by atoms with Crippen molar-refractivity contribution >= 4 is 5.91 Å². The fourth-order valence-corrected chi connectivity index (χ4v) is 2.98. The van der Waals surface area contributed by atoms with Crippen molar-refractivity contribution in [1.29, 1.82) is 0 Å². The maximum atomic E-state index is 12.4. The van der Waals surface area contributed by atoms with Crippen LogP contribution >= 0.6 is 0 Å². The highest BCUT2D eigenvalue weighted by molar-refractivity contribution is 5.94. The highest BCUT2D eigenvalue weighted by Gasteiger charge is 2.10. The molecule has 0 spiro atoms. The number of aromatic nitrogens is 3. The van der Waals surface area contributed by atoms with Crippen LogP contribution in [0.1, 0.15) is 21.5 Å². The molecule has 138 valence electrons. The van der Waals surface area contributed by atoms with Crippen molar-refractivity contribution in [3.8, 4) is 16.9 Å². The number of benzene rings is 3. The summed E-state index contributed by atoms with van der Waals surface area (Å²) >= 11 is 0. The molecule has 0 aliphatic rings. The predicted octanol–water partition coefficient (Wildman–Crippen LogP) is 4.17. The molecule has 5 nitrogen and oxygen atoms in total. The Morgan fingerprint density at radius 2 is 1.64 bits per heavy atom. The van der Waals surface area contributed by atoms with Gasteiger partial charge in [-0.25, -0.2) is 4.68 Å². The van der Waals surface area contributed by atoms with Gasteiger partial charge in [0.15, 0.2) is 0 Å². The fraction of sp³-hybridized carbons (Fsp3) is 0.0870. The summed E-state index contributed by atoms with van der Waals surface area (Å²) in [6.07, 6.45) is 1.74. The summed E-state index contributed by atoms with van der Waals surface area (Å²) in [4.78, 5) is 12.4. The Bertz CT molecular complexity index is 1070. The first-order valence-electron chi connectivity index (χ1n) is 9.11. The minimum atomic E-state index is -0.104. The van der Waals surface area contributed by atoms with E-state index in [2.05, 4.69) is 46.8 Å². The average Bonchev–Trinajstić information content (AvgIpc) is 3.23. The number of nitrogens with one attached hydrogen (secondary N) is 1. The van der Waals surface area contributed by atoms with Gasteiger partial charge >= 0.3 is 0 Å². The summed E-state index contributed by atoms with van der Waals surface area (Å²) in [5.74, 6) is -0.104. The molecule has 1 N–H and O–H groups in total. The third-order valence-corrected chi connectivity index (χ3v) is 4.57. The first-order valence-corrected chi connectivity index (χ1v) is 9.11. The lowest BCUT2D eigenvalue weighted by molar-refractivity contribution is 0.0951. The molecule has 0 atom stereocenters. The van der Waals surface area contributed by atoms with Crippen LogP contribution in [0.4, 0.5) is 0 Å². The van der Waals surface area contributed by atoms with Crippen molar-refractivity contribution in [2.75, 3.05) is 0 Å². The second-order valence-electron chi connectivity index (χ2n) is 6.61. The van der Waals surface area contributed by atoms with Gasteiger partial charge in [-0.3, -0.25) is 4.79 Å². The molecule has 1 heterocycles. The Balaban J connectivity index is 1.50. The van der Waals surface area contributed by atoms with Gasteiger partial charge in [-0.15, -0.1) is 5.10 Å². The molecule has 0 aliphatic heterocycles. The van der Waals surface area contributed by atoms with Gasteiger partial charge in [0.05, 0.1) is 17.6 Å². The van der Waals surface area contributed by atoms with Crippen LogP contribution in [0.3, 0.4) is 0 Å². The molecule has 0 saturated heterocycles. The third kappa shape index (κ3) is 3.83. The molecule has 4 rings (SSSR count). The zero-order chi connectivity index (χ0) is 19.3. The van der Waals surface area contributed by atoms with Crippen LogP contribution in [0, 0.1) is 6.92 Å². The molecule has 0 bridgehead atoms. The van der Waals surface area contributed by atoms with Crippen LogP contribution in [-0.4, -0.2) is 20.9 Å². The summed E-state index contributed by atoms with van der Waals surface area (Å²) in [7, 11) is 0. The van der Waals surface area contributed by atoms with Gasteiger partial charge in [0.2, 0.25) is 0 Å². The molecule has 0 unspecified atom stereocenters. The molecule has 0 aliphatic carbocycles. The minimum Gasteiger partial charge on any atom is -0.348 e. The van der Waals surface area contributed by atoms with Crippen LogP contribution in [-0.2, 0) is 6.54 Å². The second kappa shape index (κ2) is 7.88. The van der Waals surface area contributed by atoms with Crippen molar-refractivity contribution in [1.82, 2.24) is 20.3 Å². The van der Waals surface area contributed by atoms with E-state index in [0.29, 0.717) is 12.1 Å². The number of amides is 1. The van der Waals surface area contributed by atoms with Crippen LogP contribution in [0.15, 0.2) is 85.1 Å². The number of rotatable bonds is 5. The summed E-state index contributed by atoms with van der Waals surface area (Å²) in [5, 5.41) is 11.2. The lowest BCUT2D eigenvalue weighted by Crippen LogP contribution is -2.22. The zero-order valence-corrected chi connectivity index (χ0v) is 15.5. The summed E-state index contributed by atoms with van der Waals surface area (Å²) < 4.78 is 1.77. The van der Waals surface area contributed by atoms with Gasteiger partial charge in [-0.1, -0.05) is 65.4 Å². The third-order valence-electron chi connectivity index (χ3n) is 4.57. The van der Waals surface area contributed by atoms with Crippen molar-refractivity contribution in [2.45, 2.75) is 13.5 Å². The first kappa shape index (κ1) is 17.7. The number of aryl methyl sites for hydroxylation is 1. The van der Waals surface area contributed by atoms with Crippen LogP contribution in [0.5, 0.6) is 0 Å². The topological polar surface area (TPSA) is 59.8 Å². The van der Waals surface area contributed by atoms with Gasteiger partial charge in [-0.2, -0.15) is 0 Å². The summed E-state index contributed by atoms with van der Waals surface area (Å²) in [5.41, 5.74) is 5.68. The van der Waals surface area contributed by atoms with Gasteiger partial charge in [0.25, 0.3) is 5.91 Å². The summed E-state index contributed by atoms with van der Waals surface area (Å²) in [6, 6.07) is 25.4. The molecular formula is C23H20N4O. The number of hydrogen-bond acceptors (Lipinski definition) is 3. The van der Waals surface area contributed by atoms with E-state index in [9.17, 15) is 4.79 Å². The fourth-order valence-electron chi connectivity index (χ4n) is 2.98. The van der Waals surface area contributed by atoms with E-state index in [0.717, 1.165) is 22.5 Å². The molecule has 3 aromatic carbocycles. The Hall–Kier alpha value is -3.73. The number of nitrogens with zero attached hydrogens (tertiary/aromatic N) is 3. The highest BCUT2D eigenvalue weighted by Crippen LogP contribution is 2.22. The second-order valence-corrected chi connectivity index (χ2v) is 6.61. The van der Waals surface area contributed by atoms with Gasteiger partial charge in [-0.05, 0) is 36.8 Å². The number of carbonyl (C=O) groups excluding carboxylic acids is 1. The Morgan fingerprint density at radius 3 is 2.36 bits per heavy atom. The zero-order valence-electron chi connectivity index (χ0n) is 15.5. The largest absolute Gasteiger partial charge is 0.348 e. The van der Waals surface area contributed by atoms with Crippen LogP contribution < -0.4 is 5.32 Å². The minimum absolute atomic E-state index is 0.104. The number of hydrogen-bond donors (Lipinski definition) is 1. The van der Waals surface area contributed by atoms with Crippen molar-refractivity contribution in [3.63, 3.8) is 0 Å². The summed E-state index contributed by atoms with van der Waals surface area (Å²) in [6.45, 7) is 2.56. The van der Waals surface area contributed by atoms with E-state index < -0.39 is 0 Å². The smallest absolute Gasteiger partial charge is 0.251 e. The number of carbonyl (C=O) groups is 1. The molecule has 0 fully saturated rings. The SMILES string of the molecule is Cc1ccc(-c2cnnn2-c2ccc(C(=O)NCc3ccccc3)cc2)cc1. The van der Waals surface area contributed by atoms with E-state index in [1.54, 1.807) is 23.0 Å². The molecule has 0 radical (unpaired) electrons. The van der Waals surface area contributed by atoms with E-state index in [4.69, 9.17) is 0 Å². The first-order chi connectivity index (χ1) is 13.7. The molecule has 0 saturated carbocycles. The molecular weight excluding hydrogens is 348 g/mol. The van der Waals surface area contributed by atoms with Gasteiger partial charge in [0.1, 0.15) is 0 Å². The van der Waals surface area contributed by atoms with Crippen molar-refractivity contribution < 1.29 is 4.79 Å². The van der Waals surface area contributed by atoms with Gasteiger partial charge < -0.3 is 5.32 Å². The Kier molecular flexibility index (Phi) is 4.97. The van der Waals surface area contributed by atoms with Gasteiger partial charge in [0, 0.05) is 17.7 Å². The Morgan fingerprint density at radius 1 is 0.929 bits per heavy atom. The quantitative estimate of drug-likeness (QED) is 0.575. The Labute approximate surface area is 163 Å². The van der Waals surface area contributed by atoms with Crippen molar-refractivity contribution in [2.24, 2.45) is 0 Å². The van der Waals surface area contributed by atoms with Crippen LogP contribution in [0.25, 0.3) is 16.9 Å².